The highest BCUT2D eigenvalue weighted by Crippen LogP contribution is 2.42. The molecular formula is C34H30N4O2. The number of benzene rings is 4. The van der Waals surface area contributed by atoms with Crippen molar-refractivity contribution in [3.05, 3.63) is 115 Å². The molecule has 1 aliphatic heterocycles. The number of para-hydroxylation sites is 3. The van der Waals surface area contributed by atoms with E-state index in [2.05, 4.69) is 73.9 Å². The summed E-state index contributed by atoms with van der Waals surface area (Å²) >= 11 is 0. The molecule has 3 heterocycles. The topological polar surface area (TPSA) is 42.8 Å². The van der Waals surface area contributed by atoms with E-state index < -0.39 is 7.00 Å². The number of hydrogen-bond donors (Lipinski definition) is 0. The van der Waals surface area contributed by atoms with Crippen molar-refractivity contribution in [2.75, 3.05) is 17.1 Å². The second kappa shape index (κ2) is 9.14. The van der Waals surface area contributed by atoms with Gasteiger partial charge >= 0.3 is 0 Å². The number of fused-ring (bicyclic) bond motifs is 4. The first-order chi connectivity index (χ1) is 20.3. The molecule has 0 fully saturated rings. The van der Waals surface area contributed by atoms with E-state index in [1.54, 1.807) is 5.06 Å². The number of nitrogens with zero attached hydrogens (tertiary/aromatic N) is 4. The van der Waals surface area contributed by atoms with Crippen molar-refractivity contribution < 1.29 is 12.4 Å². The lowest BCUT2D eigenvalue weighted by atomic mass is 9.88. The van der Waals surface area contributed by atoms with E-state index in [0.29, 0.717) is 17.2 Å². The van der Waals surface area contributed by atoms with Crippen LogP contribution in [0.3, 0.4) is 0 Å². The van der Waals surface area contributed by atoms with Gasteiger partial charge in [0.05, 0.1) is 28.1 Å². The van der Waals surface area contributed by atoms with Crippen LogP contribution in [-0.4, -0.2) is 16.6 Å². The number of ether oxygens (including phenoxy) is 1. The molecule has 0 amide bonds. The molecular weight excluding hydrogens is 496 g/mol. The van der Waals surface area contributed by atoms with E-state index in [4.69, 9.17) is 17.4 Å². The van der Waals surface area contributed by atoms with Crippen molar-refractivity contribution >= 4 is 38.9 Å². The molecule has 0 aliphatic carbocycles. The maximum absolute atomic E-state index is 7.89. The van der Waals surface area contributed by atoms with Crippen LogP contribution in [0, 0.1) is 0 Å². The fourth-order valence-corrected chi connectivity index (χ4v) is 5.26. The summed E-state index contributed by atoms with van der Waals surface area (Å²) < 4.78 is 24.4. The van der Waals surface area contributed by atoms with Gasteiger partial charge in [0.1, 0.15) is 17.3 Å². The molecule has 0 spiro atoms. The molecule has 7 rings (SSSR count). The van der Waals surface area contributed by atoms with Crippen molar-refractivity contribution in [1.82, 2.24) is 9.55 Å². The lowest BCUT2D eigenvalue weighted by Crippen LogP contribution is -2.20. The first-order valence-corrected chi connectivity index (χ1v) is 13.3. The summed E-state index contributed by atoms with van der Waals surface area (Å²) in [4.78, 5) is 10.7. The lowest BCUT2D eigenvalue weighted by molar-refractivity contribution is 0.142. The highest BCUT2D eigenvalue weighted by Gasteiger charge is 2.26. The van der Waals surface area contributed by atoms with Crippen molar-refractivity contribution in [2.45, 2.75) is 26.2 Å². The third-order valence-electron chi connectivity index (χ3n) is 7.28. The predicted octanol–water partition coefficient (Wildman–Crippen LogP) is 8.70. The standard InChI is InChI=1S/C34H30N4O2/c1-34(2,3)23-18-19-35-33(20-23)37-29-13-6-5-12-27(29)28-17-16-26(22-32(28)37)39-25-11-9-10-24(21-25)38-31-15-8-7-14-30(31)36(4)40-38/h5-22H,1-4H3/i4D2. The molecule has 2 aromatic heterocycles. The molecule has 6 aromatic rings. The Morgan fingerprint density at radius 3 is 2.38 bits per heavy atom. The first kappa shape index (κ1) is 22.1. The zero-order chi connectivity index (χ0) is 29.0. The average molecular weight is 529 g/mol. The zero-order valence-corrected chi connectivity index (χ0v) is 22.6. The van der Waals surface area contributed by atoms with Crippen molar-refractivity contribution in [3.63, 3.8) is 0 Å². The molecule has 0 radical (unpaired) electrons. The van der Waals surface area contributed by atoms with Gasteiger partial charge in [0.15, 0.2) is 0 Å². The molecule has 40 heavy (non-hydrogen) atoms. The molecule has 6 heteroatoms. The monoisotopic (exact) mass is 528 g/mol. The molecule has 0 atom stereocenters. The smallest absolute Gasteiger partial charge is 0.137 e. The molecule has 1 aliphatic rings. The number of aromatic nitrogens is 2. The molecule has 0 bridgehead atoms. The second-order valence-electron chi connectivity index (χ2n) is 11.0. The summed E-state index contributed by atoms with van der Waals surface area (Å²) in [5, 5.41) is 5.16. The fourth-order valence-electron chi connectivity index (χ4n) is 5.26. The van der Waals surface area contributed by atoms with Gasteiger partial charge < -0.3 is 4.74 Å². The molecule has 4 aromatic carbocycles. The number of rotatable bonds is 4. The van der Waals surface area contributed by atoms with Gasteiger partial charge in [0.2, 0.25) is 0 Å². The Morgan fingerprint density at radius 1 is 0.750 bits per heavy atom. The van der Waals surface area contributed by atoms with E-state index in [-0.39, 0.29) is 5.41 Å². The van der Waals surface area contributed by atoms with Crippen molar-refractivity contribution in [3.8, 4) is 17.3 Å². The highest BCUT2D eigenvalue weighted by molar-refractivity contribution is 6.09. The number of anilines is 3. The SMILES string of the molecule is [2H]C([2H])N1ON(c2cccc(Oc3ccc4c5ccccc5n(-c5cc(C(C)(C)C)ccn5)c4c3)c2)c2ccccc21. The Hall–Kier alpha value is -4.81. The van der Waals surface area contributed by atoms with Gasteiger partial charge in [0, 0.05) is 38.8 Å². The van der Waals surface area contributed by atoms with Crippen LogP contribution in [0.2, 0.25) is 0 Å². The van der Waals surface area contributed by atoms with Crippen LogP contribution in [0.5, 0.6) is 11.5 Å². The number of hydroxylamine groups is 1. The minimum atomic E-state index is -1.31. The Labute approximate surface area is 236 Å². The van der Waals surface area contributed by atoms with Gasteiger partial charge in [-0.15, -0.1) is 4.94 Å². The summed E-state index contributed by atoms with van der Waals surface area (Å²) in [6.07, 6.45) is 1.88. The van der Waals surface area contributed by atoms with Crippen LogP contribution in [0.4, 0.5) is 17.1 Å². The summed E-state index contributed by atoms with van der Waals surface area (Å²) in [5.74, 6) is 2.19. The van der Waals surface area contributed by atoms with Gasteiger partial charge in [-0.05, 0) is 65.6 Å². The zero-order valence-electron chi connectivity index (χ0n) is 24.6. The second-order valence-corrected chi connectivity index (χ2v) is 11.0. The lowest BCUT2D eigenvalue weighted by Gasteiger charge is -2.20. The van der Waals surface area contributed by atoms with E-state index in [0.717, 1.165) is 39.0 Å². The van der Waals surface area contributed by atoms with E-state index in [1.165, 1.54) is 10.6 Å². The van der Waals surface area contributed by atoms with Crippen molar-refractivity contribution in [1.29, 1.82) is 0 Å². The predicted molar refractivity (Wildman–Crippen MR) is 162 cm³/mol. The molecule has 0 unspecified atom stereocenters. The van der Waals surface area contributed by atoms with Gasteiger partial charge in [-0.3, -0.25) is 4.57 Å². The Kier molecular flexibility index (Phi) is 5.04. The largest absolute Gasteiger partial charge is 0.457 e. The maximum Gasteiger partial charge on any atom is 0.137 e. The van der Waals surface area contributed by atoms with Gasteiger partial charge in [-0.1, -0.05) is 57.2 Å². The molecule has 0 saturated carbocycles. The highest BCUT2D eigenvalue weighted by atomic mass is 16.8. The Bertz CT molecular complexity index is 1950. The molecule has 198 valence electrons. The van der Waals surface area contributed by atoms with E-state index >= 15 is 0 Å². The summed E-state index contributed by atoms with van der Waals surface area (Å²) in [7, 11) is 0. The van der Waals surface area contributed by atoms with Crippen LogP contribution >= 0.6 is 0 Å². The minimum absolute atomic E-state index is 0.00538. The van der Waals surface area contributed by atoms with Crippen LogP contribution in [-0.2, 0) is 10.4 Å². The maximum atomic E-state index is 7.89. The normalized spacial score (nSPS) is 14.1. The van der Waals surface area contributed by atoms with Gasteiger partial charge in [-0.25, -0.2) is 10.0 Å². The van der Waals surface area contributed by atoms with Gasteiger partial charge in [-0.2, -0.15) is 5.06 Å². The third kappa shape index (κ3) is 4.05. The summed E-state index contributed by atoms with van der Waals surface area (Å²) in [5.41, 5.74) is 5.45. The average Bonchev–Trinajstić information content (AvgIpc) is 3.53. The van der Waals surface area contributed by atoms with E-state index in [9.17, 15) is 0 Å². The Morgan fingerprint density at radius 2 is 1.52 bits per heavy atom. The quantitative estimate of drug-likeness (QED) is 0.229. The van der Waals surface area contributed by atoms with Crippen LogP contribution in [0.15, 0.2) is 109 Å². The Balaban J connectivity index is 1.28. The fraction of sp³-hybridized carbons (Fsp3) is 0.147. The number of hydrogen-bond acceptors (Lipinski definition) is 5. The summed E-state index contributed by atoms with van der Waals surface area (Å²) in [6, 6.07) is 33.9. The third-order valence-corrected chi connectivity index (χ3v) is 7.28. The van der Waals surface area contributed by atoms with Crippen LogP contribution in [0.25, 0.3) is 27.6 Å². The van der Waals surface area contributed by atoms with E-state index in [1.807, 2.05) is 60.8 Å². The van der Waals surface area contributed by atoms with Crippen LogP contribution in [0.1, 0.15) is 29.1 Å². The molecule has 0 N–H and O–H groups in total. The van der Waals surface area contributed by atoms with Crippen molar-refractivity contribution in [2.24, 2.45) is 0 Å². The number of pyridine rings is 1. The molecule has 0 saturated heterocycles. The molecule has 6 nitrogen and oxygen atoms in total. The summed E-state index contributed by atoms with van der Waals surface area (Å²) in [6.45, 7) is 5.31. The minimum Gasteiger partial charge on any atom is -0.457 e. The van der Waals surface area contributed by atoms with Crippen LogP contribution < -0.4 is 14.9 Å². The first-order valence-electron chi connectivity index (χ1n) is 14.4. The van der Waals surface area contributed by atoms with Gasteiger partial charge in [0.25, 0.3) is 0 Å².